The predicted octanol–water partition coefficient (Wildman–Crippen LogP) is 19.9. The molecular formula is C74H43N7. The summed E-state index contributed by atoms with van der Waals surface area (Å²) >= 11 is 0. The topological polar surface area (TPSA) is 33.4 Å². The molecule has 0 saturated carbocycles. The minimum Gasteiger partial charge on any atom is -0.309 e. The first kappa shape index (κ1) is 44.7. The lowest BCUT2D eigenvalue weighted by Crippen LogP contribution is -2.04. The van der Waals surface area contributed by atoms with Crippen LogP contribution in [0, 0.1) is 13.1 Å². The van der Waals surface area contributed by atoms with Crippen molar-refractivity contribution in [2.24, 2.45) is 0 Å². The van der Waals surface area contributed by atoms with Crippen LogP contribution in [0.15, 0.2) is 261 Å². The Kier molecular flexibility index (Phi) is 9.42. The molecule has 17 aromatic rings. The summed E-state index contributed by atoms with van der Waals surface area (Å²) in [5.74, 6) is 0. The maximum Gasteiger partial charge on any atom is 0.197 e. The smallest absolute Gasteiger partial charge is 0.197 e. The van der Waals surface area contributed by atoms with Crippen molar-refractivity contribution in [2.45, 2.75) is 0 Å². The van der Waals surface area contributed by atoms with Crippen molar-refractivity contribution in [3.8, 4) is 39.6 Å². The number of hydrogen-bond donors (Lipinski definition) is 0. The molecule has 0 saturated heterocycles. The third-order valence-electron chi connectivity index (χ3n) is 16.9. The molecule has 12 aromatic carbocycles. The van der Waals surface area contributed by atoms with Gasteiger partial charge in [-0.3, -0.25) is 0 Å². The van der Waals surface area contributed by atoms with Gasteiger partial charge in [0.2, 0.25) is 0 Å². The van der Waals surface area contributed by atoms with Crippen molar-refractivity contribution in [3.05, 3.63) is 284 Å². The van der Waals surface area contributed by atoms with Gasteiger partial charge in [-0.05, 0) is 126 Å². The van der Waals surface area contributed by atoms with Gasteiger partial charge in [-0.15, -0.1) is 0 Å². The Labute approximate surface area is 464 Å². The average molecular weight is 1030 g/mol. The molecule has 0 spiro atoms. The van der Waals surface area contributed by atoms with Crippen molar-refractivity contribution in [1.29, 1.82) is 0 Å². The molecule has 0 radical (unpaired) electrons. The molecule has 0 amide bonds. The summed E-state index contributed by atoms with van der Waals surface area (Å²) in [6.07, 6.45) is 0. The lowest BCUT2D eigenvalue weighted by Gasteiger charge is -2.20. The molecule has 0 fully saturated rings. The maximum absolute atomic E-state index is 8.88. The van der Waals surface area contributed by atoms with E-state index in [0.29, 0.717) is 11.4 Å². The molecule has 7 nitrogen and oxygen atoms in total. The zero-order valence-electron chi connectivity index (χ0n) is 43.5. The Morgan fingerprint density at radius 3 is 0.901 bits per heavy atom. The number of aromatic nitrogens is 5. The van der Waals surface area contributed by atoms with Gasteiger partial charge < -0.3 is 22.8 Å². The number of nitrogens with zero attached hydrogens (tertiary/aromatic N) is 7. The zero-order valence-corrected chi connectivity index (χ0v) is 43.5. The van der Waals surface area contributed by atoms with Crippen molar-refractivity contribution in [1.82, 2.24) is 22.8 Å². The van der Waals surface area contributed by atoms with Crippen LogP contribution in [0.4, 0.5) is 11.4 Å². The van der Waals surface area contributed by atoms with Crippen LogP contribution in [-0.4, -0.2) is 22.8 Å². The fraction of sp³-hybridized carbons (Fsp3) is 0. The van der Waals surface area contributed by atoms with Crippen molar-refractivity contribution in [2.75, 3.05) is 0 Å². The molecule has 0 aliphatic carbocycles. The first-order chi connectivity index (χ1) is 40.1. The Morgan fingerprint density at radius 1 is 0.235 bits per heavy atom. The minimum absolute atomic E-state index is 0.492. The highest BCUT2D eigenvalue weighted by Gasteiger charge is 2.25. The van der Waals surface area contributed by atoms with Crippen LogP contribution < -0.4 is 0 Å². The summed E-state index contributed by atoms with van der Waals surface area (Å²) in [6.45, 7) is 16.9. The summed E-state index contributed by atoms with van der Waals surface area (Å²) in [7, 11) is 0. The van der Waals surface area contributed by atoms with E-state index in [1.807, 2.05) is 24.3 Å². The molecule has 5 aromatic heterocycles. The van der Waals surface area contributed by atoms with Crippen molar-refractivity contribution < 1.29 is 0 Å². The van der Waals surface area contributed by atoms with Crippen LogP contribution in [0.3, 0.4) is 0 Å². The zero-order chi connectivity index (χ0) is 53.4. The standard InChI is InChI=1S/C74H43N7/c1-75-47-19-17-18-46(40-47)58-44-73(74(45-62(58)76-2)80-69-33-16-9-26-57(69)59-41-48(34-37-70(59)80)77-63-27-10-3-20-51(63)52-21-4-11-28-64(52)77)81-71-38-35-49(78-65-29-12-5-22-53(65)54-23-6-13-30-66(54)78)42-60(71)61-43-50(36-39-72(61)81)79-67-31-14-7-24-55(67)56-25-8-15-32-68(56)79/h3-45H. The largest absolute Gasteiger partial charge is 0.309 e. The summed E-state index contributed by atoms with van der Waals surface area (Å²) in [4.78, 5) is 8.15. The van der Waals surface area contributed by atoms with E-state index in [-0.39, 0.29) is 0 Å². The van der Waals surface area contributed by atoms with Gasteiger partial charge in [0.15, 0.2) is 11.4 Å². The van der Waals surface area contributed by atoms with E-state index < -0.39 is 0 Å². The number of para-hydroxylation sites is 7. The molecule has 374 valence electrons. The number of benzene rings is 12. The molecule has 0 N–H and O–H groups in total. The van der Waals surface area contributed by atoms with E-state index in [0.717, 1.165) is 116 Å². The fourth-order valence-electron chi connectivity index (χ4n) is 13.5. The summed E-state index contributed by atoms with van der Waals surface area (Å²) in [5, 5.41) is 11.6. The molecule has 81 heavy (non-hydrogen) atoms. The SMILES string of the molecule is [C-]#[N+]c1cccc(-c2cc(-n3c4ccc(-n5c6ccccc6c6ccccc65)cc4c4cc(-n5c6ccccc6c6ccccc65)ccc43)c(-n3c4ccccc4c4cc(-n5c6ccccc6c6ccccc65)ccc43)cc2[N+]#[C-])c1. The maximum atomic E-state index is 8.88. The molecule has 0 aliphatic rings. The first-order valence-corrected chi connectivity index (χ1v) is 27.2. The van der Waals surface area contributed by atoms with Crippen LogP contribution >= 0.6 is 0 Å². The van der Waals surface area contributed by atoms with Crippen LogP contribution in [0.5, 0.6) is 0 Å². The van der Waals surface area contributed by atoms with Crippen LogP contribution in [0.1, 0.15) is 0 Å². The third kappa shape index (κ3) is 6.37. The van der Waals surface area contributed by atoms with E-state index in [4.69, 9.17) is 13.1 Å². The van der Waals surface area contributed by atoms with E-state index in [1.165, 1.54) is 32.3 Å². The summed E-state index contributed by atoms with van der Waals surface area (Å²) in [5.41, 5.74) is 18.5. The van der Waals surface area contributed by atoms with Gasteiger partial charge in [-0.1, -0.05) is 146 Å². The quantitative estimate of drug-likeness (QED) is 0.149. The van der Waals surface area contributed by atoms with E-state index in [9.17, 15) is 0 Å². The lowest BCUT2D eigenvalue weighted by atomic mass is 10.0. The first-order valence-electron chi connectivity index (χ1n) is 27.2. The van der Waals surface area contributed by atoms with E-state index in [1.54, 1.807) is 0 Å². The minimum atomic E-state index is 0.492. The van der Waals surface area contributed by atoms with Gasteiger partial charge in [-0.25, -0.2) is 9.69 Å². The number of fused-ring (bicyclic) bond motifs is 15. The molecule has 0 atom stereocenters. The number of rotatable bonds is 6. The highest BCUT2D eigenvalue weighted by molar-refractivity contribution is 6.16. The van der Waals surface area contributed by atoms with Gasteiger partial charge >= 0.3 is 0 Å². The Balaban J connectivity index is 0.988. The second kappa shape index (κ2) is 17.1. The Morgan fingerprint density at radius 2 is 0.543 bits per heavy atom. The van der Waals surface area contributed by atoms with Crippen LogP contribution in [0.2, 0.25) is 0 Å². The number of hydrogen-bond acceptors (Lipinski definition) is 0. The van der Waals surface area contributed by atoms with Gasteiger partial charge in [0.05, 0.1) is 79.7 Å². The summed E-state index contributed by atoms with van der Waals surface area (Å²) in [6, 6.07) is 93.3. The van der Waals surface area contributed by atoms with Crippen LogP contribution in [0.25, 0.3) is 158 Å². The monoisotopic (exact) mass is 1030 g/mol. The Bertz CT molecular complexity index is 5310. The highest BCUT2D eigenvalue weighted by atomic mass is 15.1. The lowest BCUT2D eigenvalue weighted by molar-refractivity contribution is 1.09. The Hall–Kier alpha value is -11.4. The predicted molar refractivity (Wildman–Crippen MR) is 336 cm³/mol. The van der Waals surface area contributed by atoms with E-state index >= 15 is 0 Å². The van der Waals surface area contributed by atoms with Crippen molar-refractivity contribution in [3.63, 3.8) is 0 Å². The molecule has 7 heteroatoms. The average Bonchev–Trinajstić information content (AvgIpc) is 4.52. The molecule has 5 heterocycles. The molecule has 17 rings (SSSR count). The molecule has 0 unspecified atom stereocenters. The van der Waals surface area contributed by atoms with Gasteiger partial charge in [0.1, 0.15) is 0 Å². The van der Waals surface area contributed by atoms with Gasteiger partial charge in [-0.2, -0.15) is 0 Å². The van der Waals surface area contributed by atoms with Gasteiger partial charge in [0.25, 0.3) is 0 Å². The second-order valence-corrected chi connectivity index (χ2v) is 21.0. The van der Waals surface area contributed by atoms with Crippen LogP contribution in [-0.2, 0) is 0 Å². The molecular weight excluding hydrogens is 987 g/mol. The van der Waals surface area contributed by atoms with Gasteiger partial charge in [0, 0.05) is 70.9 Å². The highest BCUT2D eigenvalue weighted by Crippen LogP contribution is 2.46. The normalized spacial score (nSPS) is 11.9. The van der Waals surface area contributed by atoms with Crippen molar-refractivity contribution >= 4 is 120 Å². The van der Waals surface area contributed by atoms with E-state index in [2.05, 4.69) is 269 Å². The second-order valence-electron chi connectivity index (χ2n) is 21.0. The fourth-order valence-corrected chi connectivity index (χ4v) is 13.5. The molecule has 0 bridgehead atoms. The molecule has 0 aliphatic heterocycles. The summed E-state index contributed by atoms with van der Waals surface area (Å²) < 4.78 is 11.9. The third-order valence-corrected chi connectivity index (χ3v) is 16.9.